The molecule has 0 bridgehead atoms. The minimum atomic E-state index is -0.226. The molecule has 1 heterocycles. The number of aryl methyl sites for hydroxylation is 2. The SMILES string of the molecule is CCCNC(=O)c1noc(C)c1COc1ccc(C)cc1. The van der Waals surface area contributed by atoms with Gasteiger partial charge in [-0.2, -0.15) is 0 Å². The van der Waals surface area contributed by atoms with E-state index in [4.69, 9.17) is 9.26 Å². The van der Waals surface area contributed by atoms with Crippen LogP contribution in [0.15, 0.2) is 28.8 Å². The molecule has 0 fully saturated rings. The molecule has 0 aliphatic carbocycles. The number of carbonyl (C=O) groups is 1. The maximum atomic E-state index is 12.0. The van der Waals surface area contributed by atoms with Crippen molar-refractivity contribution in [2.45, 2.75) is 33.8 Å². The number of hydrogen-bond acceptors (Lipinski definition) is 4. The van der Waals surface area contributed by atoms with Crippen molar-refractivity contribution in [3.8, 4) is 5.75 Å². The maximum Gasteiger partial charge on any atom is 0.273 e. The third kappa shape index (κ3) is 3.84. The fourth-order valence-corrected chi connectivity index (χ4v) is 1.85. The van der Waals surface area contributed by atoms with Gasteiger partial charge in [-0.05, 0) is 32.4 Å². The van der Waals surface area contributed by atoms with E-state index in [2.05, 4.69) is 10.5 Å². The van der Waals surface area contributed by atoms with Crippen LogP contribution in [-0.2, 0) is 6.61 Å². The zero-order valence-corrected chi connectivity index (χ0v) is 12.6. The lowest BCUT2D eigenvalue weighted by Gasteiger charge is -2.07. The second kappa shape index (κ2) is 6.92. The van der Waals surface area contributed by atoms with Crippen LogP contribution < -0.4 is 10.1 Å². The second-order valence-corrected chi connectivity index (χ2v) is 4.92. The number of nitrogens with zero attached hydrogens (tertiary/aromatic N) is 1. The standard InChI is InChI=1S/C16H20N2O3/c1-4-9-17-16(19)15-14(12(3)21-18-15)10-20-13-7-5-11(2)6-8-13/h5-8H,4,9-10H2,1-3H3,(H,17,19). The van der Waals surface area contributed by atoms with Crippen LogP contribution in [-0.4, -0.2) is 17.6 Å². The Kier molecular flexibility index (Phi) is 4.98. The third-order valence-electron chi connectivity index (χ3n) is 3.14. The van der Waals surface area contributed by atoms with Gasteiger partial charge in [-0.1, -0.05) is 29.8 Å². The Morgan fingerprint density at radius 1 is 1.29 bits per heavy atom. The third-order valence-corrected chi connectivity index (χ3v) is 3.14. The first-order valence-corrected chi connectivity index (χ1v) is 7.04. The van der Waals surface area contributed by atoms with Gasteiger partial charge >= 0.3 is 0 Å². The molecule has 1 N–H and O–H groups in total. The number of rotatable bonds is 6. The number of carbonyl (C=O) groups excluding carboxylic acids is 1. The summed E-state index contributed by atoms with van der Waals surface area (Å²) in [7, 11) is 0. The fourth-order valence-electron chi connectivity index (χ4n) is 1.85. The van der Waals surface area contributed by atoms with Gasteiger partial charge in [0.1, 0.15) is 18.1 Å². The molecule has 1 aromatic heterocycles. The van der Waals surface area contributed by atoms with Gasteiger partial charge in [-0.25, -0.2) is 0 Å². The molecule has 1 aromatic carbocycles. The molecule has 0 aliphatic rings. The minimum Gasteiger partial charge on any atom is -0.489 e. The molecule has 0 aliphatic heterocycles. The second-order valence-electron chi connectivity index (χ2n) is 4.92. The smallest absolute Gasteiger partial charge is 0.273 e. The van der Waals surface area contributed by atoms with Crippen LogP contribution in [0.25, 0.3) is 0 Å². The molecule has 1 amide bonds. The zero-order chi connectivity index (χ0) is 15.2. The summed E-state index contributed by atoms with van der Waals surface area (Å²) in [5, 5.41) is 6.62. The summed E-state index contributed by atoms with van der Waals surface area (Å²) in [6.07, 6.45) is 0.873. The van der Waals surface area contributed by atoms with E-state index in [0.717, 1.165) is 12.2 Å². The number of aromatic nitrogens is 1. The Morgan fingerprint density at radius 2 is 2.00 bits per heavy atom. The summed E-state index contributed by atoms with van der Waals surface area (Å²) < 4.78 is 10.8. The van der Waals surface area contributed by atoms with Crippen LogP contribution in [0.1, 0.15) is 40.7 Å². The molecule has 2 aromatic rings. The Bertz CT molecular complexity index is 602. The highest BCUT2D eigenvalue weighted by Crippen LogP contribution is 2.18. The van der Waals surface area contributed by atoms with Gasteiger partial charge in [0.15, 0.2) is 5.69 Å². The molecule has 5 heteroatoms. The molecule has 0 spiro atoms. The normalized spacial score (nSPS) is 10.4. The van der Waals surface area contributed by atoms with E-state index < -0.39 is 0 Å². The summed E-state index contributed by atoms with van der Waals surface area (Å²) in [4.78, 5) is 12.0. The average Bonchev–Trinajstić information content (AvgIpc) is 2.85. The summed E-state index contributed by atoms with van der Waals surface area (Å²) in [5.74, 6) is 1.13. The molecule has 0 unspecified atom stereocenters. The summed E-state index contributed by atoms with van der Waals surface area (Å²) in [6, 6.07) is 7.75. The first-order valence-electron chi connectivity index (χ1n) is 7.04. The quantitative estimate of drug-likeness (QED) is 0.887. The summed E-state index contributed by atoms with van der Waals surface area (Å²) in [5.41, 5.74) is 2.15. The predicted molar refractivity (Wildman–Crippen MR) is 79.4 cm³/mol. The van der Waals surface area contributed by atoms with Crippen molar-refractivity contribution in [1.82, 2.24) is 10.5 Å². The van der Waals surface area contributed by atoms with Gasteiger partial charge in [-0.3, -0.25) is 4.79 Å². The topological polar surface area (TPSA) is 64.4 Å². The molecule has 2 rings (SSSR count). The van der Waals surface area contributed by atoms with Gasteiger partial charge in [0.25, 0.3) is 5.91 Å². The van der Waals surface area contributed by atoms with Crippen molar-refractivity contribution in [3.63, 3.8) is 0 Å². The van der Waals surface area contributed by atoms with E-state index in [0.29, 0.717) is 23.6 Å². The summed E-state index contributed by atoms with van der Waals surface area (Å²) >= 11 is 0. The molecule has 0 radical (unpaired) electrons. The summed E-state index contributed by atoms with van der Waals surface area (Å²) in [6.45, 7) is 6.66. The van der Waals surface area contributed by atoms with Crippen molar-refractivity contribution in [2.75, 3.05) is 6.54 Å². The maximum absolute atomic E-state index is 12.0. The average molecular weight is 288 g/mol. The van der Waals surface area contributed by atoms with Gasteiger partial charge < -0.3 is 14.6 Å². The van der Waals surface area contributed by atoms with Gasteiger partial charge in [0.05, 0.1) is 5.56 Å². The van der Waals surface area contributed by atoms with E-state index in [1.165, 1.54) is 5.56 Å². The fraction of sp³-hybridized carbons (Fsp3) is 0.375. The van der Waals surface area contributed by atoms with E-state index in [-0.39, 0.29) is 12.5 Å². The molecular weight excluding hydrogens is 268 g/mol. The van der Waals surface area contributed by atoms with Crippen LogP contribution in [0.4, 0.5) is 0 Å². The number of amides is 1. The molecule has 0 atom stereocenters. The number of hydrogen-bond donors (Lipinski definition) is 1. The van der Waals surface area contributed by atoms with Crippen LogP contribution in [0.5, 0.6) is 5.75 Å². The van der Waals surface area contributed by atoms with Crippen LogP contribution in [0.3, 0.4) is 0 Å². The van der Waals surface area contributed by atoms with Gasteiger partial charge in [-0.15, -0.1) is 0 Å². The monoisotopic (exact) mass is 288 g/mol. The van der Waals surface area contributed by atoms with Crippen molar-refractivity contribution < 1.29 is 14.1 Å². The number of ether oxygens (including phenoxy) is 1. The molecular formula is C16H20N2O3. The van der Waals surface area contributed by atoms with Gasteiger partial charge in [0.2, 0.25) is 0 Å². The van der Waals surface area contributed by atoms with E-state index in [1.807, 2.05) is 38.1 Å². The Morgan fingerprint density at radius 3 is 2.67 bits per heavy atom. The van der Waals surface area contributed by atoms with E-state index in [1.54, 1.807) is 6.92 Å². The lowest BCUT2D eigenvalue weighted by atomic mass is 10.2. The molecule has 0 saturated heterocycles. The molecule has 21 heavy (non-hydrogen) atoms. The lowest BCUT2D eigenvalue weighted by Crippen LogP contribution is -2.25. The lowest BCUT2D eigenvalue weighted by molar-refractivity contribution is 0.0942. The molecule has 5 nitrogen and oxygen atoms in total. The Balaban J connectivity index is 2.07. The molecule has 112 valence electrons. The highest BCUT2D eigenvalue weighted by atomic mass is 16.5. The van der Waals surface area contributed by atoms with Crippen molar-refractivity contribution in [1.29, 1.82) is 0 Å². The zero-order valence-electron chi connectivity index (χ0n) is 12.6. The van der Waals surface area contributed by atoms with Crippen LogP contribution >= 0.6 is 0 Å². The Labute approximate surface area is 124 Å². The van der Waals surface area contributed by atoms with Gasteiger partial charge in [0, 0.05) is 6.54 Å². The predicted octanol–water partition coefficient (Wildman–Crippen LogP) is 3.01. The molecule has 0 saturated carbocycles. The highest BCUT2D eigenvalue weighted by Gasteiger charge is 2.19. The van der Waals surface area contributed by atoms with Crippen LogP contribution in [0.2, 0.25) is 0 Å². The minimum absolute atomic E-state index is 0.226. The Hall–Kier alpha value is -2.30. The largest absolute Gasteiger partial charge is 0.489 e. The first-order chi connectivity index (χ1) is 10.1. The highest BCUT2D eigenvalue weighted by molar-refractivity contribution is 5.93. The number of benzene rings is 1. The van der Waals surface area contributed by atoms with E-state index >= 15 is 0 Å². The van der Waals surface area contributed by atoms with Crippen molar-refractivity contribution in [2.24, 2.45) is 0 Å². The van der Waals surface area contributed by atoms with E-state index in [9.17, 15) is 4.79 Å². The van der Waals surface area contributed by atoms with Crippen LogP contribution in [0, 0.1) is 13.8 Å². The van der Waals surface area contributed by atoms with Crippen molar-refractivity contribution in [3.05, 3.63) is 46.8 Å². The first kappa shape index (κ1) is 15.1. The number of nitrogens with one attached hydrogen (secondary N) is 1. The van der Waals surface area contributed by atoms with Crippen molar-refractivity contribution >= 4 is 5.91 Å².